The van der Waals surface area contributed by atoms with Crippen LogP contribution in [0.5, 0.6) is 0 Å². The van der Waals surface area contributed by atoms with Crippen molar-refractivity contribution in [3.8, 4) is 0 Å². The minimum absolute atomic E-state index is 0.0847. The maximum Gasteiger partial charge on any atom is 0.268 e. The quantitative estimate of drug-likeness (QED) is 0.840. The fourth-order valence-corrected chi connectivity index (χ4v) is 2.69. The number of anilines is 1. The second-order valence-electron chi connectivity index (χ2n) is 5.57. The Bertz CT molecular complexity index is 703. The zero-order valence-electron chi connectivity index (χ0n) is 12.6. The van der Waals surface area contributed by atoms with Crippen LogP contribution in [0.15, 0.2) is 60.7 Å². The predicted octanol–water partition coefficient (Wildman–Crippen LogP) is 1.47. The zero-order chi connectivity index (χ0) is 16.3. The molecule has 2 aromatic carbocycles. The van der Waals surface area contributed by atoms with Crippen LogP contribution in [0.4, 0.5) is 5.69 Å². The van der Waals surface area contributed by atoms with E-state index in [1.807, 2.05) is 48.5 Å². The molecule has 5 nitrogen and oxygen atoms in total. The molecule has 1 unspecified atom stereocenters. The van der Waals surface area contributed by atoms with Crippen molar-refractivity contribution >= 4 is 17.5 Å². The third-order valence-electron chi connectivity index (χ3n) is 4.04. The van der Waals surface area contributed by atoms with E-state index in [4.69, 9.17) is 0 Å². The summed E-state index contributed by atoms with van der Waals surface area (Å²) in [5, 5.41) is 13.2. The minimum atomic E-state index is -2.00. The molecule has 0 bridgehead atoms. The summed E-state index contributed by atoms with van der Waals surface area (Å²) >= 11 is 0. The Morgan fingerprint density at radius 2 is 1.70 bits per heavy atom. The van der Waals surface area contributed by atoms with E-state index in [0.717, 1.165) is 5.56 Å². The average Bonchev–Trinajstić information content (AvgIpc) is 2.91. The van der Waals surface area contributed by atoms with Gasteiger partial charge in [0.15, 0.2) is 0 Å². The summed E-state index contributed by atoms with van der Waals surface area (Å²) in [6.45, 7) is 0.596. The Labute approximate surface area is 134 Å². The molecule has 0 aliphatic carbocycles. The number of hydrogen-bond donors (Lipinski definition) is 2. The van der Waals surface area contributed by atoms with E-state index in [2.05, 4.69) is 5.32 Å². The Morgan fingerprint density at radius 1 is 1.09 bits per heavy atom. The first kappa shape index (κ1) is 15.2. The van der Waals surface area contributed by atoms with Crippen molar-refractivity contribution < 1.29 is 14.7 Å². The molecule has 0 aromatic heterocycles. The molecule has 1 atom stereocenters. The van der Waals surface area contributed by atoms with Gasteiger partial charge in [-0.2, -0.15) is 0 Å². The van der Waals surface area contributed by atoms with Crippen molar-refractivity contribution in [2.24, 2.45) is 0 Å². The maximum atomic E-state index is 12.5. The number of nitrogens with one attached hydrogen (secondary N) is 1. The molecule has 2 aromatic rings. The molecule has 1 heterocycles. The zero-order valence-corrected chi connectivity index (χ0v) is 12.6. The van der Waals surface area contributed by atoms with Crippen molar-refractivity contribution in [2.45, 2.75) is 18.6 Å². The van der Waals surface area contributed by atoms with Gasteiger partial charge in [0.1, 0.15) is 0 Å². The summed E-state index contributed by atoms with van der Waals surface area (Å²) in [4.78, 5) is 26.3. The van der Waals surface area contributed by atoms with Gasteiger partial charge in [-0.15, -0.1) is 0 Å². The molecule has 3 rings (SSSR count). The van der Waals surface area contributed by atoms with Gasteiger partial charge in [-0.05, 0) is 17.7 Å². The Morgan fingerprint density at radius 3 is 2.35 bits per heavy atom. The van der Waals surface area contributed by atoms with Gasteiger partial charge in [0.2, 0.25) is 5.60 Å². The third-order valence-corrected chi connectivity index (χ3v) is 4.04. The van der Waals surface area contributed by atoms with Crippen LogP contribution in [-0.4, -0.2) is 29.1 Å². The molecule has 0 radical (unpaired) electrons. The normalized spacial score (nSPS) is 20.6. The van der Waals surface area contributed by atoms with E-state index >= 15 is 0 Å². The first-order valence-corrected chi connectivity index (χ1v) is 7.53. The molecule has 118 valence electrons. The highest BCUT2D eigenvalue weighted by molar-refractivity contribution is 6.16. The first-order valence-electron chi connectivity index (χ1n) is 7.53. The van der Waals surface area contributed by atoms with Crippen LogP contribution in [0.2, 0.25) is 0 Å². The summed E-state index contributed by atoms with van der Waals surface area (Å²) in [7, 11) is 0. The van der Waals surface area contributed by atoms with Crippen LogP contribution >= 0.6 is 0 Å². The van der Waals surface area contributed by atoms with E-state index < -0.39 is 17.4 Å². The topological polar surface area (TPSA) is 69.6 Å². The average molecular weight is 310 g/mol. The highest BCUT2D eigenvalue weighted by Crippen LogP contribution is 2.28. The lowest BCUT2D eigenvalue weighted by Crippen LogP contribution is -2.52. The Balaban J connectivity index is 1.69. The molecule has 2 amide bonds. The minimum Gasteiger partial charge on any atom is -0.372 e. The SMILES string of the molecule is O=C(NCc1ccccc1)C1(O)CCN(c2ccccc2)C1=O. The van der Waals surface area contributed by atoms with Crippen molar-refractivity contribution in [3.63, 3.8) is 0 Å². The molecule has 2 N–H and O–H groups in total. The standard InChI is InChI=1S/C18H18N2O3/c21-16(19-13-14-7-3-1-4-8-14)18(23)11-12-20(17(18)22)15-9-5-2-6-10-15/h1-10,23H,11-13H2,(H,19,21). The smallest absolute Gasteiger partial charge is 0.268 e. The van der Waals surface area contributed by atoms with E-state index in [-0.39, 0.29) is 13.0 Å². The number of hydrogen-bond acceptors (Lipinski definition) is 3. The summed E-state index contributed by atoms with van der Waals surface area (Å²) in [5.74, 6) is -1.22. The number of carbonyl (C=O) groups is 2. The second kappa shape index (κ2) is 6.22. The van der Waals surface area contributed by atoms with E-state index in [0.29, 0.717) is 12.2 Å². The van der Waals surface area contributed by atoms with Gasteiger partial charge in [0.05, 0.1) is 0 Å². The van der Waals surface area contributed by atoms with Crippen LogP contribution in [-0.2, 0) is 16.1 Å². The lowest BCUT2D eigenvalue weighted by atomic mass is 10.0. The van der Waals surface area contributed by atoms with E-state index in [1.54, 1.807) is 12.1 Å². The summed E-state index contributed by atoms with van der Waals surface area (Å²) in [6, 6.07) is 18.4. The largest absolute Gasteiger partial charge is 0.372 e. The van der Waals surface area contributed by atoms with E-state index in [9.17, 15) is 14.7 Å². The molecular formula is C18H18N2O3. The highest BCUT2D eigenvalue weighted by Gasteiger charge is 2.51. The van der Waals surface area contributed by atoms with Gasteiger partial charge >= 0.3 is 0 Å². The molecule has 1 aliphatic rings. The molecule has 1 aliphatic heterocycles. The molecular weight excluding hydrogens is 292 g/mol. The van der Waals surface area contributed by atoms with Gasteiger partial charge in [-0.3, -0.25) is 9.59 Å². The van der Waals surface area contributed by atoms with Crippen LogP contribution < -0.4 is 10.2 Å². The van der Waals surface area contributed by atoms with Crippen molar-refractivity contribution in [3.05, 3.63) is 66.2 Å². The Kier molecular flexibility index (Phi) is 4.12. The number of para-hydroxylation sites is 1. The molecule has 5 heteroatoms. The molecule has 0 spiro atoms. The summed E-state index contributed by atoms with van der Waals surface area (Å²) in [6.07, 6.45) is 0.0847. The Hall–Kier alpha value is -2.66. The monoisotopic (exact) mass is 310 g/mol. The number of rotatable bonds is 4. The van der Waals surface area contributed by atoms with Crippen LogP contribution in [0.3, 0.4) is 0 Å². The molecule has 0 saturated carbocycles. The second-order valence-corrected chi connectivity index (χ2v) is 5.57. The van der Waals surface area contributed by atoms with E-state index in [1.165, 1.54) is 4.90 Å². The van der Waals surface area contributed by atoms with Gasteiger partial charge in [0.25, 0.3) is 11.8 Å². The molecule has 1 saturated heterocycles. The fraction of sp³-hybridized carbons (Fsp3) is 0.222. The van der Waals surface area contributed by atoms with Gasteiger partial charge < -0.3 is 15.3 Å². The maximum absolute atomic E-state index is 12.5. The summed E-state index contributed by atoms with van der Waals surface area (Å²) < 4.78 is 0. The van der Waals surface area contributed by atoms with Gasteiger partial charge in [-0.1, -0.05) is 48.5 Å². The number of carbonyl (C=O) groups excluding carboxylic acids is 2. The van der Waals surface area contributed by atoms with Gasteiger partial charge in [-0.25, -0.2) is 0 Å². The molecule has 1 fully saturated rings. The van der Waals surface area contributed by atoms with Gasteiger partial charge in [0, 0.05) is 25.2 Å². The lowest BCUT2D eigenvalue weighted by Gasteiger charge is -2.21. The number of nitrogens with zero attached hydrogens (tertiary/aromatic N) is 1. The van der Waals surface area contributed by atoms with Crippen LogP contribution in [0.25, 0.3) is 0 Å². The molecule has 23 heavy (non-hydrogen) atoms. The first-order chi connectivity index (χ1) is 11.1. The summed E-state index contributed by atoms with van der Waals surface area (Å²) in [5.41, 5.74) is -0.399. The van der Waals surface area contributed by atoms with Crippen LogP contribution in [0.1, 0.15) is 12.0 Å². The van der Waals surface area contributed by atoms with Crippen molar-refractivity contribution in [2.75, 3.05) is 11.4 Å². The third kappa shape index (κ3) is 2.96. The predicted molar refractivity (Wildman–Crippen MR) is 86.7 cm³/mol. The van der Waals surface area contributed by atoms with Crippen molar-refractivity contribution in [1.29, 1.82) is 0 Å². The fourth-order valence-electron chi connectivity index (χ4n) is 2.69. The highest BCUT2D eigenvalue weighted by atomic mass is 16.3. The van der Waals surface area contributed by atoms with Crippen molar-refractivity contribution in [1.82, 2.24) is 5.32 Å². The number of aliphatic hydroxyl groups is 1. The van der Waals surface area contributed by atoms with Crippen LogP contribution in [0, 0.1) is 0 Å². The number of amides is 2. The number of benzene rings is 2. The lowest BCUT2D eigenvalue weighted by molar-refractivity contribution is -0.149.